The summed E-state index contributed by atoms with van der Waals surface area (Å²) >= 11 is 0. The van der Waals surface area contributed by atoms with Crippen LogP contribution in [0, 0.1) is 5.92 Å². The summed E-state index contributed by atoms with van der Waals surface area (Å²) in [4.78, 5) is 15.4. The van der Waals surface area contributed by atoms with Crippen molar-refractivity contribution in [2.75, 3.05) is 33.7 Å². The van der Waals surface area contributed by atoms with Crippen LogP contribution in [0.4, 0.5) is 0 Å². The van der Waals surface area contributed by atoms with Crippen LogP contribution in [0.15, 0.2) is 0 Å². The average molecular weight is 200 g/mol. The molecule has 0 aromatic heterocycles. The molecule has 2 atom stereocenters. The van der Waals surface area contributed by atoms with Crippen molar-refractivity contribution < 1.29 is 9.90 Å². The zero-order valence-corrected chi connectivity index (χ0v) is 9.23. The minimum Gasteiger partial charge on any atom is -0.393 e. The van der Waals surface area contributed by atoms with E-state index in [1.807, 2.05) is 30.8 Å². The molecule has 1 amide bonds. The number of piperidine rings is 1. The van der Waals surface area contributed by atoms with Gasteiger partial charge in [0.15, 0.2) is 0 Å². The zero-order valence-electron chi connectivity index (χ0n) is 9.23. The summed E-state index contributed by atoms with van der Waals surface area (Å²) in [5.74, 6) is 0.364. The van der Waals surface area contributed by atoms with Crippen LogP contribution in [0.3, 0.4) is 0 Å². The highest BCUT2D eigenvalue weighted by Crippen LogP contribution is 2.16. The van der Waals surface area contributed by atoms with Gasteiger partial charge in [0.1, 0.15) is 0 Å². The lowest BCUT2D eigenvalue weighted by atomic mass is 9.97. The summed E-state index contributed by atoms with van der Waals surface area (Å²) in [6, 6.07) is 0. The van der Waals surface area contributed by atoms with E-state index < -0.39 is 0 Å². The van der Waals surface area contributed by atoms with Gasteiger partial charge >= 0.3 is 0 Å². The van der Waals surface area contributed by atoms with Gasteiger partial charge in [0, 0.05) is 13.1 Å². The molecule has 0 saturated carbocycles. The Balaban J connectivity index is 2.42. The zero-order chi connectivity index (χ0) is 10.7. The molecule has 0 radical (unpaired) electrons. The molecular weight excluding hydrogens is 180 g/mol. The molecule has 14 heavy (non-hydrogen) atoms. The van der Waals surface area contributed by atoms with Crippen molar-refractivity contribution >= 4 is 5.91 Å². The Bertz CT molecular complexity index is 206. The van der Waals surface area contributed by atoms with Gasteiger partial charge in [-0.2, -0.15) is 0 Å². The first-order chi connectivity index (χ1) is 6.50. The molecule has 0 spiro atoms. The van der Waals surface area contributed by atoms with E-state index in [1.165, 1.54) is 0 Å². The molecule has 4 heteroatoms. The lowest BCUT2D eigenvalue weighted by Gasteiger charge is -2.34. The van der Waals surface area contributed by atoms with Crippen LogP contribution >= 0.6 is 0 Å². The Kier molecular flexibility index (Phi) is 3.89. The van der Waals surface area contributed by atoms with Gasteiger partial charge in [0.05, 0.1) is 12.6 Å². The van der Waals surface area contributed by atoms with Crippen molar-refractivity contribution in [2.24, 2.45) is 5.92 Å². The molecule has 1 N–H and O–H groups in total. The molecule has 1 fully saturated rings. The molecule has 1 aliphatic heterocycles. The van der Waals surface area contributed by atoms with Crippen LogP contribution in [0.2, 0.25) is 0 Å². The topological polar surface area (TPSA) is 43.8 Å². The molecule has 0 aliphatic carbocycles. The SMILES string of the molecule is CC1CN(C(=O)CN(C)C)CCC1O. The number of hydrogen-bond acceptors (Lipinski definition) is 3. The molecular formula is C10H20N2O2. The highest BCUT2D eigenvalue weighted by Gasteiger charge is 2.26. The molecule has 2 unspecified atom stereocenters. The maximum atomic E-state index is 11.7. The second-order valence-electron chi connectivity index (χ2n) is 4.41. The summed E-state index contributed by atoms with van der Waals surface area (Å²) in [5, 5.41) is 9.51. The van der Waals surface area contributed by atoms with Crippen molar-refractivity contribution in [1.29, 1.82) is 0 Å². The average Bonchev–Trinajstić information content (AvgIpc) is 2.08. The van der Waals surface area contributed by atoms with Crippen molar-refractivity contribution in [3.05, 3.63) is 0 Å². The number of amides is 1. The number of likely N-dealkylation sites (N-methyl/N-ethyl adjacent to an activating group) is 1. The Morgan fingerprint density at radius 2 is 2.21 bits per heavy atom. The maximum Gasteiger partial charge on any atom is 0.236 e. The summed E-state index contributed by atoms with van der Waals surface area (Å²) in [6.07, 6.45) is 0.471. The van der Waals surface area contributed by atoms with Gasteiger partial charge in [0.25, 0.3) is 0 Å². The van der Waals surface area contributed by atoms with Crippen LogP contribution in [0.1, 0.15) is 13.3 Å². The molecule has 0 bridgehead atoms. The van der Waals surface area contributed by atoms with E-state index in [9.17, 15) is 9.90 Å². The molecule has 0 aromatic rings. The fourth-order valence-corrected chi connectivity index (χ4v) is 1.73. The van der Waals surface area contributed by atoms with E-state index in [0.29, 0.717) is 26.1 Å². The first-order valence-electron chi connectivity index (χ1n) is 5.11. The Morgan fingerprint density at radius 3 is 2.71 bits per heavy atom. The van der Waals surface area contributed by atoms with Crippen LogP contribution in [-0.4, -0.2) is 60.6 Å². The molecule has 1 rings (SSSR count). The fourth-order valence-electron chi connectivity index (χ4n) is 1.73. The summed E-state index contributed by atoms with van der Waals surface area (Å²) in [6.45, 7) is 3.83. The molecule has 1 heterocycles. The van der Waals surface area contributed by atoms with E-state index in [4.69, 9.17) is 0 Å². The predicted molar refractivity (Wildman–Crippen MR) is 54.9 cm³/mol. The lowest BCUT2D eigenvalue weighted by Crippen LogP contribution is -2.47. The van der Waals surface area contributed by atoms with E-state index in [1.54, 1.807) is 0 Å². The maximum absolute atomic E-state index is 11.7. The molecule has 0 aromatic carbocycles. The van der Waals surface area contributed by atoms with Crippen LogP contribution in [0.5, 0.6) is 0 Å². The number of aliphatic hydroxyl groups excluding tert-OH is 1. The number of rotatable bonds is 2. The van der Waals surface area contributed by atoms with Gasteiger partial charge in [-0.15, -0.1) is 0 Å². The van der Waals surface area contributed by atoms with Crippen molar-refractivity contribution in [2.45, 2.75) is 19.4 Å². The second kappa shape index (κ2) is 4.75. The minimum absolute atomic E-state index is 0.161. The molecule has 4 nitrogen and oxygen atoms in total. The van der Waals surface area contributed by atoms with Crippen molar-refractivity contribution in [1.82, 2.24) is 9.80 Å². The van der Waals surface area contributed by atoms with Gasteiger partial charge in [-0.05, 0) is 26.4 Å². The minimum atomic E-state index is -0.238. The molecule has 1 aliphatic rings. The highest BCUT2D eigenvalue weighted by molar-refractivity contribution is 5.78. The summed E-state index contributed by atoms with van der Waals surface area (Å²) in [7, 11) is 3.78. The summed E-state index contributed by atoms with van der Waals surface area (Å²) in [5.41, 5.74) is 0. The third-order valence-electron chi connectivity index (χ3n) is 2.66. The van der Waals surface area contributed by atoms with E-state index in [-0.39, 0.29) is 17.9 Å². The largest absolute Gasteiger partial charge is 0.393 e. The van der Waals surface area contributed by atoms with E-state index in [2.05, 4.69) is 0 Å². The van der Waals surface area contributed by atoms with Gasteiger partial charge in [-0.25, -0.2) is 0 Å². The van der Waals surface area contributed by atoms with E-state index in [0.717, 1.165) is 0 Å². The monoisotopic (exact) mass is 200 g/mol. The predicted octanol–water partition coefficient (Wildman–Crippen LogP) is -0.223. The highest BCUT2D eigenvalue weighted by atomic mass is 16.3. The normalized spacial score (nSPS) is 28.2. The van der Waals surface area contributed by atoms with Crippen molar-refractivity contribution in [3.63, 3.8) is 0 Å². The second-order valence-corrected chi connectivity index (χ2v) is 4.41. The third kappa shape index (κ3) is 2.96. The Labute approximate surface area is 85.5 Å². The fraction of sp³-hybridized carbons (Fsp3) is 0.900. The molecule has 82 valence electrons. The number of nitrogens with zero attached hydrogens (tertiary/aromatic N) is 2. The Hall–Kier alpha value is -0.610. The standard InChI is InChI=1S/C10H20N2O2/c1-8-6-12(5-4-9(8)13)10(14)7-11(2)3/h8-9,13H,4-7H2,1-3H3. The van der Waals surface area contributed by atoms with Gasteiger partial charge in [0.2, 0.25) is 5.91 Å². The van der Waals surface area contributed by atoms with Gasteiger partial charge in [-0.1, -0.05) is 6.92 Å². The quantitative estimate of drug-likeness (QED) is 0.670. The molecule has 1 saturated heterocycles. The number of hydrogen-bond donors (Lipinski definition) is 1. The number of carbonyl (C=O) groups excluding carboxylic acids is 1. The smallest absolute Gasteiger partial charge is 0.236 e. The van der Waals surface area contributed by atoms with Gasteiger partial charge in [-0.3, -0.25) is 4.79 Å². The number of carbonyl (C=O) groups is 1. The van der Waals surface area contributed by atoms with Gasteiger partial charge < -0.3 is 14.9 Å². The Morgan fingerprint density at radius 1 is 1.57 bits per heavy atom. The number of aliphatic hydroxyl groups is 1. The first kappa shape index (κ1) is 11.5. The first-order valence-corrected chi connectivity index (χ1v) is 5.11. The van der Waals surface area contributed by atoms with Crippen molar-refractivity contribution in [3.8, 4) is 0 Å². The van der Waals surface area contributed by atoms with Crippen LogP contribution < -0.4 is 0 Å². The number of likely N-dealkylation sites (tertiary alicyclic amines) is 1. The van der Waals surface area contributed by atoms with Crippen LogP contribution in [0.25, 0.3) is 0 Å². The van der Waals surface area contributed by atoms with E-state index >= 15 is 0 Å². The third-order valence-corrected chi connectivity index (χ3v) is 2.66. The summed E-state index contributed by atoms with van der Waals surface area (Å²) < 4.78 is 0. The lowest BCUT2D eigenvalue weighted by molar-refractivity contribution is -0.135. The van der Waals surface area contributed by atoms with Crippen LogP contribution in [-0.2, 0) is 4.79 Å².